The maximum Gasteiger partial charge on any atom is 0.251 e. The summed E-state index contributed by atoms with van der Waals surface area (Å²) in [5.74, 6) is 0.708. The molecular weight excluding hydrogens is 276 g/mol. The number of hydrogen-bond donors (Lipinski definition) is 2. The van der Waals surface area contributed by atoms with Crippen LogP contribution in [0, 0.1) is 5.92 Å². The Labute approximate surface area is 121 Å². The lowest BCUT2D eigenvalue weighted by Gasteiger charge is -2.17. The largest absolute Gasteiger partial charge is 0.381 e. The summed E-state index contributed by atoms with van der Waals surface area (Å²) >= 11 is 1.49. The number of nitrogens with one attached hydrogen (secondary N) is 2. The molecule has 2 amide bonds. The number of carbonyl (C=O) groups excluding carboxylic acids is 2. The Morgan fingerprint density at radius 1 is 1.50 bits per heavy atom. The zero-order valence-electron chi connectivity index (χ0n) is 11.0. The van der Waals surface area contributed by atoms with E-state index in [1.54, 1.807) is 12.1 Å². The van der Waals surface area contributed by atoms with Crippen molar-refractivity contribution in [2.24, 2.45) is 5.92 Å². The lowest BCUT2D eigenvalue weighted by molar-refractivity contribution is -0.113. The SMILES string of the molecule is O=C1CSc2ccc(C(=O)NCC3CCOC3)cc2N1. The van der Waals surface area contributed by atoms with Gasteiger partial charge < -0.3 is 15.4 Å². The second-order valence-electron chi connectivity index (χ2n) is 4.99. The fourth-order valence-electron chi connectivity index (χ4n) is 2.31. The van der Waals surface area contributed by atoms with E-state index in [0.717, 1.165) is 30.2 Å². The van der Waals surface area contributed by atoms with Crippen LogP contribution in [0.3, 0.4) is 0 Å². The number of carbonyl (C=O) groups is 2. The number of thioether (sulfide) groups is 1. The highest BCUT2D eigenvalue weighted by Crippen LogP contribution is 2.31. The Morgan fingerprint density at radius 2 is 2.40 bits per heavy atom. The quantitative estimate of drug-likeness (QED) is 0.886. The molecule has 106 valence electrons. The highest BCUT2D eigenvalue weighted by atomic mass is 32.2. The average molecular weight is 292 g/mol. The summed E-state index contributed by atoms with van der Waals surface area (Å²) in [5.41, 5.74) is 1.30. The van der Waals surface area contributed by atoms with E-state index in [2.05, 4.69) is 10.6 Å². The highest BCUT2D eigenvalue weighted by Gasteiger charge is 2.19. The molecular formula is C14H16N2O3S. The van der Waals surface area contributed by atoms with Gasteiger partial charge in [0.05, 0.1) is 18.0 Å². The summed E-state index contributed by atoms with van der Waals surface area (Å²) in [7, 11) is 0. The fourth-order valence-corrected chi connectivity index (χ4v) is 3.10. The molecule has 0 bridgehead atoms. The van der Waals surface area contributed by atoms with Gasteiger partial charge in [-0.2, -0.15) is 0 Å². The zero-order valence-corrected chi connectivity index (χ0v) is 11.8. The summed E-state index contributed by atoms with van der Waals surface area (Å²) in [6.45, 7) is 2.14. The smallest absolute Gasteiger partial charge is 0.251 e. The van der Waals surface area contributed by atoms with E-state index in [1.807, 2.05) is 6.07 Å². The van der Waals surface area contributed by atoms with Gasteiger partial charge in [0.2, 0.25) is 5.91 Å². The molecule has 0 aliphatic carbocycles. The van der Waals surface area contributed by atoms with Gasteiger partial charge in [-0.1, -0.05) is 0 Å². The molecule has 2 aliphatic heterocycles. The number of anilines is 1. The van der Waals surface area contributed by atoms with Crippen molar-refractivity contribution in [1.29, 1.82) is 0 Å². The van der Waals surface area contributed by atoms with E-state index in [0.29, 0.717) is 23.8 Å². The Morgan fingerprint density at radius 3 is 3.20 bits per heavy atom. The van der Waals surface area contributed by atoms with Gasteiger partial charge in [-0.3, -0.25) is 9.59 Å². The molecule has 1 aromatic carbocycles. The minimum Gasteiger partial charge on any atom is -0.381 e. The number of amides is 2. The van der Waals surface area contributed by atoms with Crippen molar-refractivity contribution >= 4 is 29.3 Å². The lowest BCUT2D eigenvalue weighted by Crippen LogP contribution is -2.29. The van der Waals surface area contributed by atoms with Crippen LogP contribution < -0.4 is 10.6 Å². The molecule has 0 spiro atoms. The molecule has 2 aliphatic rings. The molecule has 1 saturated heterocycles. The van der Waals surface area contributed by atoms with Crippen molar-refractivity contribution < 1.29 is 14.3 Å². The third kappa shape index (κ3) is 2.96. The first-order chi connectivity index (χ1) is 9.72. The van der Waals surface area contributed by atoms with Crippen LogP contribution >= 0.6 is 11.8 Å². The van der Waals surface area contributed by atoms with Crippen LogP contribution in [-0.2, 0) is 9.53 Å². The zero-order chi connectivity index (χ0) is 13.9. The van der Waals surface area contributed by atoms with Gasteiger partial charge in [-0.05, 0) is 24.6 Å². The highest BCUT2D eigenvalue weighted by molar-refractivity contribution is 8.00. The van der Waals surface area contributed by atoms with E-state index in [1.165, 1.54) is 11.8 Å². The molecule has 1 fully saturated rings. The van der Waals surface area contributed by atoms with Gasteiger partial charge >= 0.3 is 0 Å². The van der Waals surface area contributed by atoms with E-state index in [4.69, 9.17) is 4.74 Å². The van der Waals surface area contributed by atoms with Crippen molar-refractivity contribution in [2.45, 2.75) is 11.3 Å². The van der Waals surface area contributed by atoms with Gasteiger partial charge in [-0.25, -0.2) is 0 Å². The number of rotatable bonds is 3. The predicted octanol–water partition coefficient (Wildman–Crippen LogP) is 1.50. The van der Waals surface area contributed by atoms with Gasteiger partial charge in [0.25, 0.3) is 5.91 Å². The van der Waals surface area contributed by atoms with Crippen LogP contribution in [0.5, 0.6) is 0 Å². The Hall–Kier alpha value is -1.53. The third-order valence-corrected chi connectivity index (χ3v) is 4.52. The van der Waals surface area contributed by atoms with E-state index < -0.39 is 0 Å². The molecule has 6 heteroatoms. The molecule has 2 heterocycles. The number of fused-ring (bicyclic) bond motifs is 1. The van der Waals surface area contributed by atoms with Crippen molar-refractivity contribution in [3.8, 4) is 0 Å². The van der Waals surface area contributed by atoms with Crippen LogP contribution in [0.15, 0.2) is 23.1 Å². The molecule has 0 radical (unpaired) electrons. The average Bonchev–Trinajstić information content (AvgIpc) is 2.97. The summed E-state index contributed by atoms with van der Waals surface area (Å²) in [6, 6.07) is 5.41. The topological polar surface area (TPSA) is 67.4 Å². The van der Waals surface area contributed by atoms with Crippen LogP contribution in [-0.4, -0.2) is 37.3 Å². The number of ether oxygens (including phenoxy) is 1. The summed E-state index contributed by atoms with van der Waals surface area (Å²) < 4.78 is 5.28. The molecule has 2 N–H and O–H groups in total. The fraction of sp³-hybridized carbons (Fsp3) is 0.429. The predicted molar refractivity (Wildman–Crippen MR) is 77.1 cm³/mol. The van der Waals surface area contributed by atoms with Gasteiger partial charge in [0.15, 0.2) is 0 Å². The minimum absolute atomic E-state index is 0.0248. The van der Waals surface area contributed by atoms with E-state index in [-0.39, 0.29) is 11.8 Å². The molecule has 1 atom stereocenters. The van der Waals surface area contributed by atoms with Crippen LogP contribution in [0.4, 0.5) is 5.69 Å². The number of hydrogen-bond acceptors (Lipinski definition) is 4. The molecule has 3 rings (SSSR count). The van der Waals surface area contributed by atoms with Crippen LogP contribution in [0.25, 0.3) is 0 Å². The standard InChI is InChI=1S/C14H16N2O3S/c17-13-8-20-12-2-1-10(5-11(12)16-13)14(18)15-6-9-3-4-19-7-9/h1-2,5,9H,3-4,6-8H2,(H,15,18)(H,16,17). The van der Waals surface area contributed by atoms with E-state index >= 15 is 0 Å². The van der Waals surface area contributed by atoms with E-state index in [9.17, 15) is 9.59 Å². The monoisotopic (exact) mass is 292 g/mol. The molecule has 1 unspecified atom stereocenters. The lowest BCUT2D eigenvalue weighted by atomic mass is 10.1. The second kappa shape index (κ2) is 5.85. The second-order valence-corrected chi connectivity index (χ2v) is 6.00. The first-order valence-corrected chi connectivity index (χ1v) is 7.63. The maximum absolute atomic E-state index is 12.1. The number of benzene rings is 1. The normalized spacial score (nSPS) is 21.2. The summed E-state index contributed by atoms with van der Waals surface area (Å²) in [6.07, 6.45) is 0.997. The summed E-state index contributed by atoms with van der Waals surface area (Å²) in [4.78, 5) is 24.5. The van der Waals surface area contributed by atoms with Crippen molar-refractivity contribution in [1.82, 2.24) is 5.32 Å². The minimum atomic E-state index is -0.107. The van der Waals surface area contributed by atoms with Crippen molar-refractivity contribution in [2.75, 3.05) is 30.8 Å². The van der Waals surface area contributed by atoms with Crippen LogP contribution in [0.2, 0.25) is 0 Å². The summed E-state index contributed by atoms with van der Waals surface area (Å²) in [5, 5.41) is 5.71. The Balaban J connectivity index is 1.65. The molecule has 20 heavy (non-hydrogen) atoms. The van der Waals surface area contributed by atoms with Crippen LogP contribution in [0.1, 0.15) is 16.8 Å². The molecule has 5 nitrogen and oxygen atoms in total. The molecule has 1 aromatic rings. The van der Waals surface area contributed by atoms with Gasteiger partial charge in [0.1, 0.15) is 0 Å². The molecule has 0 saturated carbocycles. The first kappa shape index (κ1) is 13.5. The third-order valence-electron chi connectivity index (χ3n) is 3.45. The Kier molecular flexibility index (Phi) is 3.93. The maximum atomic E-state index is 12.1. The van der Waals surface area contributed by atoms with Gasteiger partial charge in [-0.15, -0.1) is 11.8 Å². The Bertz CT molecular complexity index is 541. The van der Waals surface area contributed by atoms with Gasteiger partial charge in [0, 0.05) is 29.5 Å². The molecule has 0 aromatic heterocycles. The first-order valence-electron chi connectivity index (χ1n) is 6.65. The van der Waals surface area contributed by atoms with Crippen molar-refractivity contribution in [3.05, 3.63) is 23.8 Å². The van der Waals surface area contributed by atoms with Crippen molar-refractivity contribution in [3.63, 3.8) is 0 Å².